The van der Waals surface area contributed by atoms with Gasteiger partial charge in [-0.3, -0.25) is 4.79 Å². The third-order valence-electron chi connectivity index (χ3n) is 2.69. The minimum atomic E-state index is -0.459. The number of benzene rings is 2. The summed E-state index contributed by atoms with van der Waals surface area (Å²) in [7, 11) is 0. The first-order valence-electron chi connectivity index (χ1n) is 5.60. The lowest BCUT2D eigenvalue weighted by molar-refractivity contribution is 0.102. The molecule has 2 aromatic carbocycles. The van der Waals surface area contributed by atoms with Crippen molar-refractivity contribution in [3.8, 4) is 0 Å². The SMILES string of the molecule is Cc1ccc(NC(=O)c2ccc(F)cc2N)cc1I. The molecule has 3 N–H and O–H groups in total. The summed E-state index contributed by atoms with van der Waals surface area (Å²) in [6.07, 6.45) is 0. The van der Waals surface area contributed by atoms with E-state index in [0.717, 1.165) is 15.2 Å². The first-order valence-corrected chi connectivity index (χ1v) is 6.68. The summed E-state index contributed by atoms with van der Waals surface area (Å²) in [5, 5.41) is 2.74. The lowest BCUT2D eigenvalue weighted by Crippen LogP contribution is -2.14. The molecule has 0 atom stereocenters. The molecule has 0 aliphatic heterocycles. The second-order valence-electron chi connectivity index (χ2n) is 4.15. The van der Waals surface area contributed by atoms with Crippen LogP contribution in [0, 0.1) is 16.3 Å². The molecule has 0 saturated carbocycles. The second kappa shape index (κ2) is 5.56. The molecule has 0 aliphatic rings. The van der Waals surface area contributed by atoms with Gasteiger partial charge >= 0.3 is 0 Å². The summed E-state index contributed by atoms with van der Waals surface area (Å²) >= 11 is 2.20. The molecule has 0 radical (unpaired) electrons. The van der Waals surface area contributed by atoms with E-state index in [4.69, 9.17) is 5.73 Å². The second-order valence-corrected chi connectivity index (χ2v) is 5.31. The van der Waals surface area contributed by atoms with Crippen LogP contribution in [0.5, 0.6) is 0 Å². The van der Waals surface area contributed by atoms with Crippen molar-refractivity contribution < 1.29 is 9.18 Å². The predicted molar refractivity (Wildman–Crippen MR) is 82.7 cm³/mol. The molecule has 0 bridgehead atoms. The Labute approximate surface area is 124 Å². The monoisotopic (exact) mass is 370 g/mol. The number of rotatable bonds is 2. The van der Waals surface area contributed by atoms with Crippen molar-refractivity contribution in [3.63, 3.8) is 0 Å². The van der Waals surface area contributed by atoms with Gasteiger partial charge in [0.05, 0.1) is 5.56 Å². The Bertz CT molecular complexity index is 643. The maximum atomic E-state index is 12.9. The zero-order valence-corrected chi connectivity index (χ0v) is 12.4. The highest BCUT2D eigenvalue weighted by Gasteiger charge is 2.11. The average molecular weight is 370 g/mol. The molecule has 0 saturated heterocycles. The van der Waals surface area contributed by atoms with Gasteiger partial charge in [0, 0.05) is 14.9 Å². The number of aryl methyl sites for hydroxylation is 1. The van der Waals surface area contributed by atoms with E-state index in [9.17, 15) is 9.18 Å². The minimum Gasteiger partial charge on any atom is -0.398 e. The number of nitrogen functional groups attached to an aromatic ring is 1. The van der Waals surface area contributed by atoms with Crippen LogP contribution < -0.4 is 11.1 Å². The van der Waals surface area contributed by atoms with Gasteiger partial charge in [-0.25, -0.2) is 4.39 Å². The highest BCUT2D eigenvalue weighted by Crippen LogP contribution is 2.19. The Balaban J connectivity index is 2.23. The summed E-state index contributed by atoms with van der Waals surface area (Å²) in [6, 6.07) is 9.32. The molecule has 19 heavy (non-hydrogen) atoms. The lowest BCUT2D eigenvalue weighted by Gasteiger charge is -2.09. The maximum absolute atomic E-state index is 12.9. The fourth-order valence-electron chi connectivity index (χ4n) is 1.61. The van der Waals surface area contributed by atoms with E-state index in [1.54, 1.807) is 0 Å². The fraction of sp³-hybridized carbons (Fsp3) is 0.0714. The van der Waals surface area contributed by atoms with Crippen molar-refractivity contribution in [2.45, 2.75) is 6.92 Å². The van der Waals surface area contributed by atoms with Crippen molar-refractivity contribution >= 4 is 39.9 Å². The molecule has 98 valence electrons. The summed E-state index contributed by atoms with van der Waals surface area (Å²) in [5.41, 5.74) is 7.84. The molecule has 0 fully saturated rings. The molecule has 0 heterocycles. The molecule has 2 rings (SSSR count). The van der Waals surface area contributed by atoms with Crippen LogP contribution in [0.15, 0.2) is 36.4 Å². The Hall–Kier alpha value is -1.63. The third-order valence-corrected chi connectivity index (χ3v) is 3.85. The van der Waals surface area contributed by atoms with Crippen LogP contribution in [0.1, 0.15) is 15.9 Å². The summed E-state index contributed by atoms with van der Waals surface area (Å²) in [5.74, 6) is -0.809. The largest absolute Gasteiger partial charge is 0.398 e. The number of nitrogens with one attached hydrogen (secondary N) is 1. The summed E-state index contributed by atoms with van der Waals surface area (Å²) in [6.45, 7) is 1.99. The van der Waals surface area contributed by atoms with Crippen LogP contribution in [0.2, 0.25) is 0 Å². The maximum Gasteiger partial charge on any atom is 0.257 e. The van der Waals surface area contributed by atoms with Crippen LogP contribution in [0.4, 0.5) is 15.8 Å². The van der Waals surface area contributed by atoms with Gasteiger partial charge in [0.25, 0.3) is 5.91 Å². The highest BCUT2D eigenvalue weighted by atomic mass is 127. The van der Waals surface area contributed by atoms with E-state index >= 15 is 0 Å². The van der Waals surface area contributed by atoms with E-state index in [2.05, 4.69) is 27.9 Å². The quantitative estimate of drug-likeness (QED) is 0.627. The van der Waals surface area contributed by atoms with Crippen molar-refractivity contribution in [1.29, 1.82) is 0 Å². The number of anilines is 2. The standard InChI is InChI=1S/C14H12FIN2O/c1-8-2-4-10(7-12(8)16)18-14(19)11-5-3-9(15)6-13(11)17/h2-7H,17H2,1H3,(H,18,19). The van der Waals surface area contributed by atoms with Crippen molar-refractivity contribution in [2.75, 3.05) is 11.1 Å². The van der Waals surface area contributed by atoms with Gasteiger partial charge in [-0.2, -0.15) is 0 Å². The van der Waals surface area contributed by atoms with Crippen LogP contribution in [0.3, 0.4) is 0 Å². The van der Waals surface area contributed by atoms with Gasteiger partial charge in [0.2, 0.25) is 0 Å². The third kappa shape index (κ3) is 3.23. The first-order chi connectivity index (χ1) is 8.97. The normalized spacial score (nSPS) is 10.3. The van der Waals surface area contributed by atoms with Crippen LogP contribution in [-0.4, -0.2) is 5.91 Å². The number of hydrogen-bond acceptors (Lipinski definition) is 2. The van der Waals surface area contributed by atoms with Gasteiger partial charge in [-0.15, -0.1) is 0 Å². The fourth-order valence-corrected chi connectivity index (χ4v) is 2.12. The van der Waals surface area contributed by atoms with E-state index < -0.39 is 5.82 Å². The highest BCUT2D eigenvalue weighted by molar-refractivity contribution is 14.1. The molecule has 0 spiro atoms. The zero-order chi connectivity index (χ0) is 14.0. The van der Waals surface area contributed by atoms with Crippen molar-refractivity contribution in [2.24, 2.45) is 0 Å². The number of nitrogens with two attached hydrogens (primary N) is 1. The number of hydrogen-bond donors (Lipinski definition) is 2. The Morgan fingerprint density at radius 2 is 2.00 bits per heavy atom. The molecule has 0 aromatic heterocycles. The average Bonchev–Trinajstić information content (AvgIpc) is 2.33. The van der Waals surface area contributed by atoms with Gasteiger partial charge in [0.1, 0.15) is 5.82 Å². The molecule has 5 heteroatoms. The van der Waals surface area contributed by atoms with Crippen molar-refractivity contribution in [3.05, 3.63) is 56.9 Å². The number of carbonyl (C=O) groups is 1. The number of amides is 1. The topological polar surface area (TPSA) is 55.1 Å². The van der Waals surface area contributed by atoms with E-state index in [1.807, 2.05) is 25.1 Å². The van der Waals surface area contributed by atoms with Crippen molar-refractivity contribution in [1.82, 2.24) is 0 Å². The van der Waals surface area contributed by atoms with Gasteiger partial charge in [-0.05, 0) is 65.4 Å². The first kappa shape index (κ1) is 13.8. The number of halogens is 2. The Kier molecular flexibility index (Phi) is 4.04. The van der Waals surface area contributed by atoms with Gasteiger partial charge in [0.15, 0.2) is 0 Å². The van der Waals surface area contributed by atoms with E-state index in [-0.39, 0.29) is 17.2 Å². The summed E-state index contributed by atoms with van der Waals surface area (Å²) < 4.78 is 14.0. The van der Waals surface area contributed by atoms with E-state index in [0.29, 0.717) is 5.69 Å². The lowest BCUT2D eigenvalue weighted by atomic mass is 10.1. The number of carbonyl (C=O) groups excluding carboxylic acids is 1. The predicted octanol–water partition coefficient (Wildman–Crippen LogP) is 3.57. The molecule has 0 unspecified atom stereocenters. The molecule has 0 aliphatic carbocycles. The van der Waals surface area contributed by atoms with Crippen LogP contribution >= 0.6 is 22.6 Å². The van der Waals surface area contributed by atoms with E-state index in [1.165, 1.54) is 12.1 Å². The van der Waals surface area contributed by atoms with Gasteiger partial charge in [-0.1, -0.05) is 6.07 Å². The molecular weight excluding hydrogens is 358 g/mol. The van der Waals surface area contributed by atoms with Crippen LogP contribution in [0.25, 0.3) is 0 Å². The molecular formula is C14H12FIN2O. The Morgan fingerprint density at radius 1 is 1.26 bits per heavy atom. The Morgan fingerprint density at radius 3 is 2.63 bits per heavy atom. The van der Waals surface area contributed by atoms with Crippen LogP contribution in [-0.2, 0) is 0 Å². The van der Waals surface area contributed by atoms with Gasteiger partial charge < -0.3 is 11.1 Å². The smallest absolute Gasteiger partial charge is 0.257 e. The molecule has 2 aromatic rings. The molecule has 1 amide bonds. The summed E-state index contributed by atoms with van der Waals surface area (Å²) in [4.78, 5) is 12.0. The zero-order valence-electron chi connectivity index (χ0n) is 10.2. The minimum absolute atomic E-state index is 0.124. The molecule has 3 nitrogen and oxygen atoms in total.